The molecule has 4 heteroatoms. The van der Waals surface area contributed by atoms with E-state index < -0.39 is 0 Å². The number of hydrogen-bond acceptors (Lipinski definition) is 3. The largest absolute Gasteiger partial charge is 0.493 e. The molecule has 2 N–H and O–H groups in total. The van der Waals surface area contributed by atoms with Gasteiger partial charge in [-0.25, -0.2) is 0 Å². The summed E-state index contributed by atoms with van der Waals surface area (Å²) in [6.07, 6.45) is 5.06. The monoisotopic (exact) mass is 292 g/mol. The van der Waals surface area contributed by atoms with Crippen LogP contribution in [0.4, 0.5) is 0 Å². The highest BCUT2D eigenvalue weighted by atomic mass is 32.1. The highest BCUT2D eigenvalue weighted by molar-refractivity contribution is 7.80. The van der Waals surface area contributed by atoms with E-state index in [0.717, 1.165) is 24.3 Å². The summed E-state index contributed by atoms with van der Waals surface area (Å²) < 4.78 is 5.83. The highest BCUT2D eigenvalue weighted by Gasteiger charge is 2.17. The molecule has 20 heavy (non-hydrogen) atoms. The van der Waals surface area contributed by atoms with E-state index in [1.54, 1.807) is 0 Å². The number of thiocarbonyl (C=S) groups is 1. The molecule has 0 radical (unpaired) electrons. The summed E-state index contributed by atoms with van der Waals surface area (Å²) in [5, 5.41) is 0. The van der Waals surface area contributed by atoms with Crippen molar-refractivity contribution in [2.45, 2.75) is 38.6 Å². The molecule has 3 nitrogen and oxygen atoms in total. The maximum atomic E-state index is 5.83. The molecule has 1 aromatic rings. The lowest BCUT2D eigenvalue weighted by molar-refractivity contribution is 0.148. The summed E-state index contributed by atoms with van der Waals surface area (Å²) in [6, 6.07) is 8.43. The van der Waals surface area contributed by atoms with E-state index in [4.69, 9.17) is 22.7 Å². The second kappa shape index (κ2) is 7.60. The lowest BCUT2D eigenvalue weighted by Crippen LogP contribution is -2.38. The van der Waals surface area contributed by atoms with Crippen LogP contribution in [0.1, 0.15) is 38.2 Å². The first-order valence-corrected chi connectivity index (χ1v) is 7.85. The molecule has 1 heterocycles. The Balaban J connectivity index is 1.77. The second-order valence-corrected chi connectivity index (χ2v) is 5.88. The minimum absolute atomic E-state index is 0.394. The third kappa shape index (κ3) is 4.18. The van der Waals surface area contributed by atoms with Crippen molar-refractivity contribution in [3.8, 4) is 5.75 Å². The van der Waals surface area contributed by atoms with Crippen LogP contribution in [0.15, 0.2) is 24.3 Å². The molecule has 1 aromatic carbocycles. The van der Waals surface area contributed by atoms with Gasteiger partial charge in [-0.15, -0.1) is 0 Å². The molecular formula is C16H24N2OS. The van der Waals surface area contributed by atoms with Crippen LogP contribution in [-0.4, -0.2) is 35.6 Å². The molecule has 1 aliphatic rings. The fourth-order valence-electron chi connectivity index (χ4n) is 2.74. The SMILES string of the molecule is CC1CCCCN1CCCOc1ccccc1C(N)=S. The van der Waals surface area contributed by atoms with Gasteiger partial charge in [0.05, 0.1) is 12.2 Å². The van der Waals surface area contributed by atoms with Crippen LogP contribution in [0.3, 0.4) is 0 Å². The number of rotatable bonds is 6. The topological polar surface area (TPSA) is 38.5 Å². The molecule has 1 atom stereocenters. The summed E-state index contributed by atoms with van der Waals surface area (Å²) >= 11 is 5.04. The molecule has 0 bridgehead atoms. The van der Waals surface area contributed by atoms with Crippen molar-refractivity contribution < 1.29 is 4.74 Å². The van der Waals surface area contributed by atoms with Gasteiger partial charge >= 0.3 is 0 Å². The Morgan fingerprint density at radius 2 is 2.20 bits per heavy atom. The van der Waals surface area contributed by atoms with Crippen LogP contribution in [0.25, 0.3) is 0 Å². The number of nitrogens with two attached hydrogens (primary N) is 1. The molecule has 0 amide bonds. The van der Waals surface area contributed by atoms with Gasteiger partial charge in [0, 0.05) is 12.6 Å². The van der Waals surface area contributed by atoms with E-state index in [1.165, 1.54) is 25.8 Å². The van der Waals surface area contributed by atoms with Crippen molar-refractivity contribution in [2.75, 3.05) is 19.7 Å². The molecule has 1 unspecified atom stereocenters. The Labute approximate surface area is 127 Å². The molecule has 1 aliphatic heterocycles. The van der Waals surface area contributed by atoms with Crippen LogP contribution in [0, 0.1) is 0 Å². The summed E-state index contributed by atoms with van der Waals surface area (Å²) in [5.74, 6) is 0.798. The fourth-order valence-corrected chi connectivity index (χ4v) is 2.90. The zero-order valence-corrected chi connectivity index (χ0v) is 13.0. The van der Waals surface area contributed by atoms with Crippen molar-refractivity contribution in [1.82, 2.24) is 4.90 Å². The van der Waals surface area contributed by atoms with Gasteiger partial charge in [0.25, 0.3) is 0 Å². The van der Waals surface area contributed by atoms with Crippen LogP contribution in [0.5, 0.6) is 5.75 Å². The average molecular weight is 292 g/mol. The fraction of sp³-hybridized carbons (Fsp3) is 0.562. The molecule has 1 fully saturated rings. The van der Waals surface area contributed by atoms with Gasteiger partial charge in [-0.2, -0.15) is 0 Å². The molecular weight excluding hydrogens is 268 g/mol. The third-order valence-corrected chi connectivity index (χ3v) is 4.16. The number of para-hydroxylation sites is 1. The first-order valence-electron chi connectivity index (χ1n) is 7.44. The lowest BCUT2D eigenvalue weighted by Gasteiger charge is -2.33. The molecule has 0 spiro atoms. The highest BCUT2D eigenvalue weighted by Crippen LogP contribution is 2.19. The number of likely N-dealkylation sites (tertiary alicyclic amines) is 1. The van der Waals surface area contributed by atoms with Crippen LogP contribution in [-0.2, 0) is 0 Å². The van der Waals surface area contributed by atoms with Crippen LogP contribution >= 0.6 is 12.2 Å². The lowest BCUT2D eigenvalue weighted by atomic mass is 10.0. The van der Waals surface area contributed by atoms with Gasteiger partial charge < -0.3 is 15.4 Å². The molecule has 2 rings (SSSR count). The molecule has 1 saturated heterocycles. The van der Waals surface area contributed by atoms with E-state index in [2.05, 4.69) is 11.8 Å². The standard InChI is InChI=1S/C16H24N2OS/c1-13-7-4-5-10-18(13)11-6-12-19-15-9-3-2-8-14(15)16(17)20/h2-3,8-9,13H,4-7,10-12H2,1H3,(H2,17,20). The zero-order chi connectivity index (χ0) is 14.4. The Kier molecular flexibility index (Phi) is 5.80. The van der Waals surface area contributed by atoms with E-state index >= 15 is 0 Å². The summed E-state index contributed by atoms with van der Waals surface area (Å²) in [6.45, 7) is 5.37. The Morgan fingerprint density at radius 1 is 1.40 bits per heavy atom. The third-order valence-electron chi connectivity index (χ3n) is 3.94. The van der Waals surface area contributed by atoms with Crippen molar-refractivity contribution in [2.24, 2.45) is 5.73 Å². The van der Waals surface area contributed by atoms with Gasteiger partial charge in [-0.3, -0.25) is 0 Å². The normalized spacial score (nSPS) is 19.8. The van der Waals surface area contributed by atoms with Crippen molar-refractivity contribution in [1.29, 1.82) is 0 Å². The number of nitrogens with zero attached hydrogens (tertiary/aromatic N) is 1. The van der Waals surface area contributed by atoms with Gasteiger partial charge in [0.1, 0.15) is 10.7 Å². The smallest absolute Gasteiger partial charge is 0.129 e. The maximum Gasteiger partial charge on any atom is 0.129 e. The average Bonchev–Trinajstić information content (AvgIpc) is 2.45. The van der Waals surface area contributed by atoms with Crippen LogP contribution < -0.4 is 10.5 Å². The minimum Gasteiger partial charge on any atom is -0.493 e. The Morgan fingerprint density at radius 3 is 2.95 bits per heavy atom. The number of benzene rings is 1. The number of piperidine rings is 1. The van der Waals surface area contributed by atoms with Gasteiger partial charge in [0.2, 0.25) is 0 Å². The summed E-state index contributed by atoms with van der Waals surface area (Å²) in [7, 11) is 0. The van der Waals surface area contributed by atoms with E-state index in [1.807, 2.05) is 24.3 Å². The number of ether oxygens (including phenoxy) is 1. The van der Waals surface area contributed by atoms with Crippen molar-refractivity contribution >= 4 is 17.2 Å². The maximum absolute atomic E-state index is 5.83. The molecule has 0 aromatic heterocycles. The quantitative estimate of drug-likeness (QED) is 0.646. The van der Waals surface area contributed by atoms with Crippen molar-refractivity contribution in [3.63, 3.8) is 0 Å². The van der Waals surface area contributed by atoms with Crippen LogP contribution in [0.2, 0.25) is 0 Å². The predicted octanol–water partition coefficient (Wildman–Crippen LogP) is 2.96. The Hall–Kier alpha value is -1.13. The predicted molar refractivity (Wildman–Crippen MR) is 87.3 cm³/mol. The molecule has 0 aliphatic carbocycles. The van der Waals surface area contributed by atoms with Gasteiger partial charge in [-0.05, 0) is 44.9 Å². The summed E-state index contributed by atoms with van der Waals surface area (Å²) in [5.41, 5.74) is 6.52. The first kappa shape index (κ1) is 15.3. The van der Waals surface area contributed by atoms with E-state index in [9.17, 15) is 0 Å². The van der Waals surface area contributed by atoms with E-state index in [-0.39, 0.29) is 0 Å². The van der Waals surface area contributed by atoms with Gasteiger partial charge in [-0.1, -0.05) is 30.8 Å². The zero-order valence-electron chi connectivity index (χ0n) is 12.2. The minimum atomic E-state index is 0.394. The molecule has 0 saturated carbocycles. The first-order chi connectivity index (χ1) is 9.68. The summed E-state index contributed by atoms with van der Waals surface area (Å²) in [4.78, 5) is 2.96. The van der Waals surface area contributed by atoms with E-state index in [0.29, 0.717) is 17.6 Å². The second-order valence-electron chi connectivity index (χ2n) is 5.44. The Bertz CT molecular complexity index is 450. The van der Waals surface area contributed by atoms with Crippen molar-refractivity contribution in [3.05, 3.63) is 29.8 Å². The van der Waals surface area contributed by atoms with Gasteiger partial charge in [0.15, 0.2) is 0 Å². The number of hydrogen-bond donors (Lipinski definition) is 1. The molecule has 110 valence electrons.